The number of anilines is 1. The minimum atomic E-state index is -0.625. The highest BCUT2D eigenvalue weighted by atomic mass is 16.6. The van der Waals surface area contributed by atoms with Crippen LogP contribution in [-0.4, -0.2) is 35.6 Å². The fourth-order valence-corrected chi connectivity index (χ4v) is 4.49. The summed E-state index contributed by atoms with van der Waals surface area (Å²) in [7, 11) is 1.65. The van der Waals surface area contributed by atoms with E-state index in [1.54, 1.807) is 19.4 Å². The Hall–Kier alpha value is -3.48. The van der Waals surface area contributed by atoms with Crippen molar-refractivity contribution in [2.75, 3.05) is 12.4 Å². The second-order valence-electron chi connectivity index (χ2n) is 10.2. The molecule has 35 heavy (non-hydrogen) atoms. The average molecular weight is 479 g/mol. The Morgan fingerprint density at radius 2 is 1.80 bits per heavy atom. The number of aryl methyl sites for hydroxylation is 1. The van der Waals surface area contributed by atoms with E-state index < -0.39 is 17.8 Å². The Kier molecular flexibility index (Phi) is 7.05. The lowest BCUT2D eigenvalue weighted by molar-refractivity contribution is 0.0544. The number of hydrogen-bond donors (Lipinski definition) is 1. The van der Waals surface area contributed by atoms with Gasteiger partial charge in [-0.1, -0.05) is 12.1 Å². The van der Waals surface area contributed by atoms with Gasteiger partial charge in [0.1, 0.15) is 17.5 Å². The molecule has 4 rings (SSSR count). The molecule has 2 aromatic carbocycles. The van der Waals surface area contributed by atoms with Crippen molar-refractivity contribution in [3.05, 3.63) is 59.3 Å². The first-order chi connectivity index (χ1) is 16.6. The number of ether oxygens (including phenoxy) is 3. The molecule has 0 atom stereocenters. The van der Waals surface area contributed by atoms with Crippen molar-refractivity contribution in [1.82, 2.24) is 4.57 Å². The number of carbonyl (C=O) groups excluding carboxylic acids is 2. The Morgan fingerprint density at radius 3 is 2.49 bits per heavy atom. The van der Waals surface area contributed by atoms with E-state index in [4.69, 9.17) is 14.2 Å². The number of carbonyl (C=O) groups is 2. The van der Waals surface area contributed by atoms with Crippen molar-refractivity contribution in [2.45, 2.75) is 71.5 Å². The summed E-state index contributed by atoms with van der Waals surface area (Å²) in [5, 5.41) is 3.69. The maximum Gasteiger partial charge on any atom is 0.419 e. The number of aromatic nitrogens is 1. The number of nitrogens with zero attached hydrogens (tertiary/aromatic N) is 1. The maximum atomic E-state index is 13.0. The van der Waals surface area contributed by atoms with Gasteiger partial charge < -0.3 is 14.2 Å². The van der Waals surface area contributed by atoms with Gasteiger partial charge in [0.05, 0.1) is 12.6 Å². The normalized spacial score (nSPS) is 14.2. The molecule has 3 aromatic rings. The Labute approximate surface area is 206 Å². The fraction of sp³-hybridized carbons (Fsp3) is 0.429. The van der Waals surface area contributed by atoms with E-state index >= 15 is 0 Å². The number of methoxy groups -OCH3 is 1. The molecule has 1 aromatic heterocycles. The first kappa shape index (κ1) is 24.6. The third kappa shape index (κ3) is 5.96. The van der Waals surface area contributed by atoms with Gasteiger partial charge in [-0.25, -0.2) is 9.59 Å². The van der Waals surface area contributed by atoms with Crippen LogP contribution in [0.1, 0.15) is 63.1 Å². The van der Waals surface area contributed by atoms with Gasteiger partial charge >= 0.3 is 12.2 Å². The van der Waals surface area contributed by atoms with Crippen molar-refractivity contribution in [1.29, 1.82) is 0 Å². The molecule has 0 saturated heterocycles. The molecule has 0 spiro atoms. The van der Waals surface area contributed by atoms with E-state index in [0.717, 1.165) is 53.5 Å². The Balaban J connectivity index is 1.69. The van der Waals surface area contributed by atoms with Gasteiger partial charge in [0.15, 0.2) is 0 Å². The summed E-state index contributed by atoms with van der Waals surface area (Å²) in [6.07, 6.45) is 5.43. The van der Waals surface area contributed by atoms with E-state index in [9.17, 15) is 9.59 Å². The lowest BCUT2D eigenvalue weighted by atomic mass is 10.0. The standard InChI is InChI=1S/C28H34N2O5/c1-18-10-11-19(25(14-18)33-5)15-20-17-30(27(32)35-28(2,3)4)24-13-12-21(16-23(20)24)29-26(31)34-22-8-6-7-9-22/h10-14,16-17,22H,6-9,15H2,1-5H3,(H,29,31). The Morgan fingerprint density at radius 1 is 1.06 bits per heavy atom. The number of benzene rings is 2. The minimum Gasteiger partial charge on any atom is -0.496 e. The van der Waals surface area contributed by atoms with Crippen molar-refractivity contribution < 1.29 is 23.8 Å². The fourth-order valence-electron chi connectivity index (χ4n) is 4.49. The van der Waals surface area contributed by atoms with E-state index in [1.807, 2.05) is 58.0 Å². The third-order valence-corrected chi connectivity index (χ3v) is 6.12. The highest BCUT2D eigenvalue weighted by molar-refractivity contribution is 5.96. The molecule has 1 aliphatic carbocycles. The van der Waals surface area contributed by atoms with Crippen LogP contribution in [0.25, 0.3) is 10.9 Å². The molecular weight excluding hydrogens is 444 g/mol. The van der Waals surface area contributed by atoms with Gasteiger partial charge in [0.2, 0.25) is 0 Å². The second kappa shape index (κ2) is 10.0. The largest absolute Gasteiger partial charge is 0.496 e. The zero-order chi connectivity index (χ0) is 25.2. The van der Waals surface area contributed by atoms with Crippen LogP contribution in [-0.2, 0) is 15.9 Å². The first-order valence-electron chi connectivity index (χ1n) is 12.1. The second-order valence-corrected chi connectivity index (χ2v) is 10.2. The molecule has 1 N–H and O–H groups in total. The molecule has 1 fully saturated rings. The molecule has 186 valence electrons. The van der Waals surface area contributed by atoms with Crippen LogP contribution in [0.4, 0.5) is 15.3 Å². The van der Waals surface area contributed by atoms with Gasteiger partial charge in [-0.2, -0.15) is 0 Å². The van der Waals surface area contributed by atoms with Crippen LogP contribution >= 0.6 is 0 Å². The van der Waals surface area contributed by atoms with Crippen LogP contribution in [0.5, 0.6) is 5.75 Å². The summed E-state index contributed by atoms with van der Waals surface area (Å²) in [5.41, 5.74) is 3.71. The average Bonchev–Trinajstić information content (AvgIpc) is 3.41. The van der Waals surface area contributed by atoms with Crippen molar-refractivity contribution in [2.24, 2.45) is 0 Å². The van der Waals surface area contributed by atoms with Gasteiger partial charge in [0, 0.05) is 23.7 Å². The predicted octanol–water partition coefficient (Wildman–Crippen LogP) is 6.82. The van der Waals surface area contributed by atoms with Gasteiger partial charge in [0.25, 0.3) is 0 Å². The summed E-state index contributed by atoms with van der Waals surface area (Å²) in [5.74, 6) is 0.789. The van der Waals surface area contributed by atoms with Gasteiger partial charge in [-0.15, -0.1) is 0 Å². The maximum absolute atomic E-state index is 13.0. The molecule has 0 radical (unpaired) electrons. The highest BCUT2D eigenvalue weighted by Crippen LogP contribution is 2.31. The highest BCUT2D eigenvalue weighted by Gasteiger charge is 2.23. The number of rotatable bonds is 5. The molecular formula is C28H34N2O5. The smallest absolute Gasteiger partial charge is 0.419 e. The number of amides is 1. The molecule has 1 heterocycles. The van der Waals surface area contributed by atoms with Crippen molar-refractivity contribution in [3.63, 3.8) is 0 Å². The molecule has 0 unspecified atom stereocenters. The molecule has 1 aliphatic rings. The zero-order valence-corrected chi connectivity index (χ0v) is 21.1. The zero-order valence-electron chi connectivity index (χ0n) is 21.1. The summed E-state index contributed by atoms with van der Waals surface area (Å²) in [4.78, 5) is 25.4. The number of fused-ring (bicyclic) bond motifs is 1. The molecule has 7 heteroatoms. The summed E-state index contributed by atoms with van der Waals surface area (Å²) in [6, 6.07) is 11.5. The van der Waals surface area contributed by atoms with E-state index in [0.29, 0.717) is 17.6 Å². The van der Waals surface area contributed by atoms with Crippen LogP contribution in [0.15, 0.2) is 42.6 Å². The first-order valence-corrected chi connectivity index (χ1v) is 12.1. The van der Waals surface area contributed by atoms with Crippen LogP contribution in [0.3, 0.4) is 0 Å². The summed E-state index contributed by atoms with van der Waals surface area (Å²) in [6.45, 7) is 7.54. The molecule has 7 nitrogen and oxygen atoms in total. The molecule has 1 amide bonds. The SMILES string of the molecule is COc1cc(C)ccc1Cc1cn(C(=O)OC(C)(C)C)c2ccc(NC(=O)OC3CCCC3)cc12. The monoisotopic (exact) mass is 478 g/mol. The topological polar surface area (TPSA) is 78.8 Å². The van der Waals surface area contributed by atoms with Gasteiger partial charge in [-0.3, -0.25) is 9.88 Å². The number of nitrogens with one attached hydrogen (secondary N) is 1. The van der Waals surface area contributed by atoms with Crippen LogP contribution < -0.4 is 10.1 Å². The van der Waals surface area contributed by atoms with Gasteiger partial charge in [-0.05, 0) is 94.3 Å². The molecule has 0 bridgehead atoms. The minimum absolute atomic E-state index is 0.0171. The molecule has 0 aliphatic heterocycles. The Bertz CT molecular complexity index is 1230. The lowest BCUT2D eigenvalue weighted by Crippen LogP contribution is -2.26. The van der Waals surface area contributed by atoms with E-state index in [-0.39, 0.29) is 6.10 Å². The van der Waals surface area contributed by atoms with E-state index in [1.165, 1.54) is 4.57 Å². The summed E-state index contributed by atoms with van der Waals surface area (Å²) >= 11 is 0. The van der Waals surface area contributed by atoms with E-state index in [2.05, 4.69) is 5.32 Å². The van der Waals surface area contributed by atoms with Crippen molar-refractivity contribution in [3.8, 4) is 5.75 Å². The molecule has 1 saturated carbocycles. The van der Waals surface area contributed by atoms with Crippen LogP contribution in [0, 0.1) is 6.92 Å². The quantitative estimate of drug-likeness (QED) is 0.435. The summed E-state index contributed by atoms with van der Waals surface area (Å²) < 4.78 is 18.3. The van der Waals surface area contributed by atoms with Crippen molar-refractivity contribution >= 4 is 28.8 Å². The number of hydrogen-bond acceptors (Lipinski definition) is 5. The third-order valence-electron chi connectivity index (χ3n) is 6.12. The van der Waals surface area contributed by atoms with Crippen LogP contribution in [0.2, 0.25) is 0 Å². The predicted molar refractivity (Wildman–Crippen MR) is 136 cm³/mol. The lowest BCUT2D eigenvalue weighted by Gasteiger charge is -2.19.